The Bertz CT molecular complexity index is 1200. The van der Waals surface area contributed by atoms with E-state index in [1.165, 1.54) is 18.2 Å². The smallest absolute Gasteiger partial charge is 0.229 e. The van der Waals surface area contributed by atoms with Gasteiger partial charge in [0.25, 0.3) is 0 Å². The second kappa shape index (κ2) is 8.30. The molecule has 4 rings (SSSR count). The van der Waals surface area contributed by atoms with Gasteiger partial charge in [-0.05, 0) is 12.1 Å². The standard InChI is InChI=1S/C21H20O11/c22-7-15-18(27)19(28)20(29)21(32-15)31-12-3-1-2-9(24)17(12)14-6-11(26)16-10(25)4-8(23)5-13(16)30-14/h1-6,15,18-25,27-29H,7H2/t15-,18-,19+,20-,21-/m1/s1. The molecule has 5 atom stereocenters. The highest BCUT2D eigenvalue weighted by Gasteiger charge is 2.45. The molecule has 0 saturated carbocycles. The van der Waals surface area contributed by atoms with Crippen molar-refractivity contribution in [1.29, 1.82) is 0 Å². The number of aliphatic hydroxyl groups is 4. The first-order chi connectivity index (χ1) is 15.2. The molecule has 1 aliphatic heterocycles. The molecule has 3 aromatic rings. The summed E-state index contributed by atoms with van der Waals surface area (Å²) in [6.07, 6.45) is -7.75. The predicted octanol–water partition coefficient (Wildman–Crippen LogP) is -0.245. The van der Waals surface area contributed by atoms with E-state index in [9.17, 15) is 40.5 Å². The number of hydrogen-bond acceptors (Lipinski definition) is 11. The van der Waals surface area contributed by atoms with Crippen molar-refractivity contribution in [1.82, 2.24) is 0 Å². The molecule has 32 heavy (non-hydrogen) atoms. The lowest BCUT2D eigenvalue weighted by Gasteiger charge is -2.39. The molecule has 2 aromatic carbocycles. The summed E-state index contributed by atoms with van der Waals surface area (Å²) in [6, 6.07) is 7.12. The minimum atomic E-state index is -1.71. The molecule has 0 spiro atoms. The first-order valence-corrected chi connectivity index (χ1v) is 9.50. The van der Waals surface area contributed by atoms with Gasteiger partial charge in [-0.2, -0.15) is 0 Å². The van der Waals surface area contributed by atoms with Gasteiger partial charge < -0.3 is 49.6 Å². The Hall–Kier alpha value is -3.35. The summed E-state index contributed by atoms with van der Waals surface area (Å²) in [5.41, 5.74) is -0.945. The number of benzene rings is 2. The van der Waals surface area contributed by atoms with E-state index >= 15 is 0 Å². The lowest BCUT2D eigenvalue weighted by atomic mass is 9.99. The van der Waals surface area contributed by atoms with Crippen LogP contribution in [-0.2, 0) is 4.74 Å². The lowest BCUT2D eigenvalue weighted by molar-refractivity contribution is -0.277. The van der Waals surface area contributed by atoms with Crippen molar-refractivity contribution in [3.05, 3.63) is 46.6 Å². The lowest BCUT2D eigenvalue weighted by Crippen LogP contribution is -2.60. The van der Waals surface area contributed by atoms with Crippen LogP contribution in [-0.4, -0.2) is 73.1 Å². The highest BCUT2D eigenvalue weighted by atomic mass is 16.7. The summed E-state index contributed by atoms with van der Waals surface area (Å²) in [7, 11) is 0. The number of aromatic hydroxyl groups is 3. The van der Waals surface area contributed by atoms with E-state index in [1.807, 2.05) is 0 Å². The van der Waals surface area contributed by atoms with Crippen molar-refractivity contribution in [3.63, 3.8) is 0 Å². The van der Waals surface area contributed by atoms with Crippen molar-refractivity contribution in [3.8, 4) is 34.3 Å². The van der Waals surface area contributed by atoms with Crippen LogP contribution < -0.4 is 10.2 Å². The fourth-order valence-electron chi connectivity index (χ4n) is 3.53. The Balaban J connectivity index is 1.79. The third-order valence-corrected chi connectivity index (χ3v) is 5.14. The molecular weight excluding hydrogens is 428 g/mol. The molecule has 11 heteroatoms. The average Bonchev–Trinajstić information content (AvgIpc) is 2.73. The molecule has 11 nitrogen and oxygen atoms in total. The van der Waals surface area contributed by atoms with E-state index in [4.69, 9.17) is 13.9 Å². The Morgan fingerprint density at radius 3 is 2.41 bits per heavy atom. The predicted molar refractivity (Wildman–Crippen MR) is 107 cm³/mol. The Kier molecular flexibility index (Phi) is 5.67. The zero-order valence-corrected chi connectivity index (χ0v) is 16.3. The first kappa shape index (κ1) is 21.9. The summed E-state index contributed by atoms with van der Waals surface area (Å²) in [5, 5.41) is 69.3. The van der Waals surface area contributed by atoms with E-state index in [-0.39, 0.29) is 39.5 Å². The zero-order valence-electron chi connectivity index (χ0n) is 16.3. The van der Waals surface area contributed by atoms with Gasteiger partial charge in [-0.3, -0.25) is 4.79 Å². The summed E-state index contributed by atoms with van der Waals surface area (Å²) in [6.45, 7) is -0.662. The van der Waals surface area contributed by atoms with Crippen molar-refractivity contribution >= 4 is 11.0 Å². The van der Waals surface area contributed by atoms with Crippen LogP contribution in [0.25, 0.3) is 22.3 Å². The summed E-state index contributed by atoms with van der Waals surface area (Å²) in [5.74, 6) is -1.54. The minimum Gasteiger partial charge on any atom is -0.508 e. The van der Waals surface area contributed by atoms with Gasteiger partial charge in [-0.25, -0.2) is 0 Å². The first-order valence-electron chi connectivity index (χ1n) is 9.50. The molecule has 1 aliphatic rings. The van der Waals surface area contributed by atoms with Crippen LogP contribution in [0.15, 0.2) is 45.6 Å². The number of phenolic OH excluding ortho intramolecular Hbond substituents is 3. The second-order valence-electron chi connectivity index (χ2n) is 7.28. The van der Waals surface area contributed by atoms with E-state index in [0.717, 1.165) is 18.2 Å². The maximum Gasteiger partial charge on any atom is 0.229 e. The molecule has 0 amide bonds. The molecule has 0 unspecified atom stereocenters. The molecule has 7 N–H and O–H groups in total. The molecule has 2 heterocycles. The largest absolute Gasteiger partial charge is 0.508 e. The number of aliphatic hydroxyl groups excluding tert-OH is 4. The fraction of sp³-hybridized carbons (Fsp3) is 0.286. The minimum absolute atomic E-state index is 0.119. The van der Waals surface area contributed by atoms with Crippen molar-refractivity contribution < 1.29 is 49.6 Å². The zero-order chi connectivity index (χ0) is 23.2. The van der Waals surface area contributed by atoms with E-state index in [1.54, 1.807) is 0 Å². The Morgan fingerprint density at radius 2 is 1.69 bits per heavy atom. The molecule has 1 fully saturated rings. The van der Waals surface area contributed by atoms with Gasteiger partial charge in [0, 0.05) is 18.2 Å². The summed E-state index contributed by atoms with van der Waals surface area (Å²) in [4.78, 5) is 12.6. The van der Waals surface area contributed by atoms with Crippen molar-refractivity contribution in [2.75, 3.05) is 6.61 Å². The highest BCUT2D eigenvalue weighted by Crippen LogP contribution is 2.40. The maximum atomic E-state index is 12.6. The normalized spacial score (nSPS) is 25.7. The van der Waals surface area contributed by atoms with Gasteiger partial charge in [0.2, 0.25) is 6.29 Å². The molecule has 1 aromatic heterocycles. The van der Waals surface area contributed by atoms with Gasteiger partial charge >= 0.3 is 0 Å². The third kappa shape index (κ3) is 3.72. The summed E-state index contributed by atoms with van der Waals surface area (Å²) < 4.78 is 16.5. The number of ether oxygens (including phenoxy) is 2. The molecular formula is C21H20O11. The van der Waals surface area contributed by atoms with E-state index < -0.39 is 48.5 Å². The van der Waals surface area contributed by atoms with Gasteiger partial charge in [0.15, 0.2) is 5.43 Å². The van der Waals surface area contributed by atoms with Gasteiger partial charge in [0.05, 0.1) is 6.61 Å². The molecule has 0 bridgehead atoms. The van der Waals surface area contributed by atoms with Gasteiger partial charge in [0.1, 0.15) is 69.7 Å². The Labute approximate surface area is 179 Å². The van der Waals surface area contributed by atoms with E-state index in [0.29, 0.717) is 0 Å². The molecule has 1 saturated heterocycles. The van der Waals surface area contributed by atoms with Gasteiger partial charge in [-0.1, -0.05) is 6.07 Å². The molecule has 0 aliphatic carbocycles. The average molecular weight is 448 g/mol. The van der Waals surface area contributed by atoms with Crippen LogP contribution in [0.1, 0.15) is 0 Å². The monoisotopic (exact) mass is 448 g/mol. The number of fused-ring (bicyclic) bond motifs is 1. The second-order valence-corrected chi connectivity index (χ2v) is 7.28. The Morgan fingerprint density at radius 1 is 0.938 bits per heavy atom. The third-order valence-electron chi connectivity index (χ3n) is 5.14. The van der Waals surface area contributed by atoms with Crippen molar-refractivity contribution in [2.45, 2.75) is 30.7 Å². The molecule has 170 valence electrons. The van der Waals surface area contributed by atoms with E-state index in [2.05, 4.69) is 0 Å². The maximum absolute atomic E-state index is 12.6. The SMILES string of the molecule is O=c1cc(-c2c(O)cccc2O[C@@H]2O[C@H](CO)[C@@H](O)[C@H](O)[C@H]2O)oc2cc(O)cc(O)c12. The van der Waals surface area contributed by atoms with Crippen LogP contribution in [0, 0.1) is 0 Å². The van der Waals surface area contributed by atoms with Crippen LogP contribution in [0.2, 0.25) is 0 Å². The van der Waals surface area contributed by atoms with Crippen LogP contribution in [0.5, 0.6) is 23.0 Å². The van der Waals surface area contributed by atoms with Crippen LogP contribution in [0.3, 0.4) is 0 Å². The number of rotatable bonds is 4. The van der Waals surface area contributed by atoms with Crippen LogP contribution >= 0.6 is 0 Å². The highest BCUT2D eigenvalue weighted by molar-refractivity contribution is 5.87. The van der Waals surface area contributed by atoms with Crippen LogP contribution in [0.4, 0.5) is 0 Å². The summed E-state index contributed by atoms with van der Waals surface area (Å²) >= 11 is 0. The van der Waals surface area contributed by atoms with Crippen molar-refractivity contribution in [2.24, 2.45) is 0 Å². The number of phenols is 3. The topological polar surface area (TPSA) is 190 Å². The van der Waals surface area contributed by atoms with Gasteiger partial charge in [-0.15, -0.1) is 0 Å². The number of hydrogen-bond donors (Lipinski definition) is 7. The molecule has 0 radical (unpaired) electrons. The quantitative estimate of drug-likeness (QED) is 0.279. The fourth-order valence-corrected chi connectivity index (χ4v) is 3.53.